The third-order valence-corrected chi connectivity index (χ3v) is 5.09. The van der Waals surface area contributed by atoms with Crippen LogP contribution < -0.4 is 0 Å². The second-order valence-corrected chi connectivity index (χ2v) is 7.15. The molecule has 0 saturated heterocycles. The van der Waals surface area contributed by atoms with Crippen molar-refractivity contribution >= 4 is 17.6 Å². The fourth-order valence-electron chi connectivity index (χ4n) is 2.79. The summed E-state index contributed by atoms with van der Waals surface area (Å²) in [6, 6.07) is 15.1. The predicted molar refractivity (Wildman–Crippen MR) is 87.6 cm³/mol. The van der Waals surface area contributed by atoms with Gasteiger partial charge in [-0.25, -0.2) is 0 Å². The molecule has 0 radical (unpaired) electrons. The zero-order valence-electron chi connectivity index (χ0n) is 12.4. The molecule has 0 amide bonds. The van der Waals surface area contributed by atoms with Crippen LogP contribution >= 0.6 is 11.3 Å². The van der Waals surface area contributed by atoms with Crippen molar-refractivity contribution in [1.82, 2.24) is 4.90 Å². The number of carbonyl (C=O) groups is 1. The topological polar surface area (TPSA) is 20.3 Å². The molecule has 1 aliphatic carbocycles. The molecule has 3 heteroatoms. The molecule has 1 unspecified atom stereocenters. The van der Waals surface area contributed by atoms with Gasteiger partial charge in [0.05, 0.1) is 5.41 Å². The van der Waals surface area contributed by atoms with Crippen LogP contribution in [-0.4, -0.2) is 23.8 Å². The second-order valence-electron chi connectivity index (χ2n) is 6.12. The summed E-state index contributed by atoms with van der Waals surface area (Å²) in [5, 5.41) is 2.12. The summed E-state index contributed by atoms with van der Waals surface area (Å²) >= 11 is 1.80. The Balaban J connectivity index is 1.78. The highest BCUT2D eigenvalue weighted by Crippen LogP contribution is 2.33. The molecule has 0 aliphatic heterocycles. The summed E-state index contributed by atoms with van der Waals surface area (Å²) in [6.45, 7) is 3.81. The van der Waals surface area contributed by atoms with Crippen LogP contribution in [0.5, 0.6) is 0 Å². The van der Waals surface area contributed by atoms with Crippen molar-refractivity contribution in [2.24, 2.45) is 0 Å². The van der Waals surface area contributed by atoms with Crippen molar-refractivity contribution in [1.29, 1.82) is 0 Å². The van der Waals surface area contributed by atoms with E-state index < -0.39 is 5.41 Å². The Kier molecular flexibility index (Phi) is 4.22. The largest absolute Gasteiger partial charge is 0.302 e. The Hall–Kier alpha value is -1.45. The molecular weight excluding hydrogens is 278 g/mol. The molecule has 0 bridgehead atoms. The molecule has 0 spiro atoms. The van der Waals surface area contributed by atoms with Gasteiger partial charge in [-0.2, -0.15) is 0 Å². The predicted octanol–water partition coefficient (Wildman–Crippen LogP) is 3.87. The maximum Gasteiger partial charge on any atom is 0.131 e. The quantitative estimate of drug-likeness (QED) is 0.723. The maximum atomic E-state index is 11.8. The van der Waals surface area contributed by atoms with Crippen LogP contribution in [0.1, 0.15) is 30.2 Å². The normalized spacial score (nSPS) is 17.6. The van der Waals surface area contributed by atoms with Gasteiger partial charge >= 0.3 is 0 Å². The number of aldehydes is 1. The molecular formula is C18H21NOS. The van der Waals surface area contributed by atoms with Gasteiger partial charge in [-0.3, -0.25) is 4.90 Å². The first-order chi connectivity index (χ1) is 10.2. The lowest BCUT2D eigenvalue weighted by Gasteiger charge is -2.32. The standard InChI is InChI=1S/C18H21NOS/c1-18(14-20,15-6-3-2-4-7-15)13-19(16-9-10-16)12-17-8-5-11-21-17/h2-8,11,14,16H,9-10,12-13H2,1H3. The molecule has 1 aromatic carbocycles. The maximum absolute atomic E-state index is 11.8. The summed E-state index contributed by atoms with van der Waals surface area (Å²) in [7, 11) is 0. The Morgan fingerprint density at radius 1 is 1.24 bits per heavy atom. The Bertz CT molecular complexity index is 577. The minimum absolute atomic E-state index is 0.429. The van der Waals surface area contributed by atoms with Gasteiger partial charge in [-0.05, 0) is 36.8 Å². The van der Waals surface area contributed by atoms with Crippen molar-refractivity contribution in [2.45, 2.75) is 37.8 Å². The molecule has 0 N–H and O–H groups in total. The molecule has 110 valence electrons. The summed E-state index contributed by atoms with van der Waals surface area (Å²) in [6.07, 6.45) is 3.64. The van der Waals surface area contributed by atoms with E-state index in [-0.39, 0.29) is 0 Å². The fraction of sp³-hybridized carbons (Fsp3) is 0.389. The van der Waals surface area contributed by atoms with E-state index in [2.05, 4.69) is 41.5 Å². The van der Waals surface area contributed by atoms with Gasteiger partial charge in [0.2, 0.25) is 0 Å². The van der Waals surface area contributed by atoms with Crippen LogP contribution in [0, 0.1) is 0 Å². The van der Waals surface area contributed by atoms with Crippen molar-refractivity contribution in [3.63, 3.8) is 0 Å². The van der Waals surface area contributed by atoms with E-state index >= 15 is 0 Å². The van der Waals surface area contributed by atoms with Crippen LogP contribution in [0.15, 0.2) is 47.8 Å². The highest BCUT2D eigenvalue weighted by Gasteiger charge is 2.36. The number of benzene rings is 1. The molecule has 1 aliphatic rings. The summed E-state index contributed by atoms with van der Waals surface area (Å²) < 4.78 is 0. The van der Waals surface area contributed by atoms with Gasteiger partial charge in [0.15, 0.2) is 0 Å². The third kappa shape index (κ3) is 3.42. The minimum atomic E-state index is -0.429. The number of hydrogen-bond acceptors (Lipinski definition) is 3. The first kappa shape index (κ1) is 14.5. The smallest absolute Gasteiger partial charge is 0.131 e. The zero-order valence-corrected chi connectivity index (χ0v) is 13.2. The van der Waals surface area contributed by atoms with Gasteiger partial charge in [0.1, 0.15) is 6.29 Å². The monoisotopic (exact) mass is 299 g/mol. The van der Waals surface area contributed by atoms with E-state index in [9.17, 15) is 4.79 Å². The van der Waals surface area contributed by atoms with Crippen molar-refractivity contribution in [2.75, 3.05) is 6.54 Å². The van der Waals surface area contributed by atoms with Crippen LogP contribution in [0.3, 0.4) is 0 Å². The number of thiophene rings is 1. The Morgan fingerprint density at radius 2 is 2.00 bits per heavy atom. The molecule has 1 fully saturated rings. The van der Waals surface area contributed by atoms with E-state index in [1.54, 1.807) is 11.3 Å². The SMILES string of the molecule is CC(C=O)(CN(Cc1cccs1)C1CC1)c1ccccc1. The van der Waals surface area contributed by atoms with Gasteiger partial charge < -0.3 is 4.79 Å². The highest BCUT2D eigenvalue weighted by atomic mass is 32.1. The number of carbonyl (C=O) groups excluding carboxylic acids is 1. The van der Waals surface area contributed by atoms with Crippen LogP contribution in [0.2, 0.25) is 0 Å². The highest BCUT2D eigenvalue weighted by molar-refractivity contribution is 7.09. The zero-order chi connectivity index (χ0) is 14.7. The molecule has 1 aromatic heterocycles. The average molecular weight is 299 g/mol. The molecule has 1 heterocycles. The van der Waals surface area contributed by atoms with Crippen LogP contribution in [0.4, 0.5) is 0 Å². The third-order valence-electron chi connectivity index (χ3n) is 4.23. The van der Waals surface area contributed by atoms with Crippen molar-refractivity contribution in [3.8, 4) is 0 Å². The second kappa shape index (κ2) is 6.12. The summed E-state index contributed by atoms with van der Waals surface area (Å²) in [4.78, 5) is 15.6. The molecule has 3 rings (SSSR count). The van der Waals surface area contributed by atoms with Gasteiger partial charge in [0.25, 0.3) is 0 Å². The van der Waals surface area contributed by atoms with E-state index in [1.165, 1.54) is 17.7 Å². The Labute approximate surface area is 130 Å². The number of rotatable bonds is 7. The molecule has 1 saturated carbocycles. The van der Waals surface area contributed by atoms with Crippen LogP contribution in [-0.2, 0) is 16.8 Å². The van der Waals surface area contributed by atoms with Crippen molar-refractivity contribution < 1.29 is 4.79 Å². The lowest BCUT2D eigenvalue weighted by atomic mass is 9.83. The van der Waals surface area contributed by atoms with E-state index in [0.29, 0.717) is 6.04 Å². The van der Waals surface area contributed by atoms with Gasteiger partial charge in [-0.15, -0.1) is 11.3 Å². The first-order valence-corrected chi connectivity index (χ1v) is 8.37. The van der Waals surface area contributed by atoms with Gasteiger partial charge in [0, 0.05) is 24.0 Å². The molecule has 1 atom stereocenters. The fourth-order valence-corrected chi connectivity index (χ4v) is 3.52. The van der Waals surface area contributed by atoms with E-state index in [4.69, 9.17) is 0 Å². The molecule has 2 nitrogen and oxygen atoms in total. The lowest BCUT2D eigenvalue weighted by Crippen LogP contribution is -2.40. The number of nitrogens with zero attached hydrogens (tertiary/aromatic N) is 1. The molecule has 2 aromatic rings. The number of hydrogen-bond donors (Lipinski definition) is 0. The Morgan fingerprint density at radius 3 is 2.57 bits per heavy atom. The van der Waals surface area contributed by atoms with Crippen LogP contribution in [0.25, 0.3) is 0 Å². The summed E-state index contributed by atoms with van der Waals surface area (Å²) in [5.74, 6) is 0. The first-order valence-electron chi connectivity index (χ1n) is 7.49. The van der Waals surface area contributed by atoms with Crippen molar-refractivity contribution in [3.05, 3.63) is 58.3 Å². The van der Waals surface area contributed by atoms with E-state index in [0.717, 1.165) is 24.9 Å². The average Bonchev–Trinajstić information content (AvgIpc) is 3.25. The molecule has 21 heavy (non-hydrogen) atoms. The minimum Gasteiger partial charge on any atom is -0.302 e. The summed E-state index contributed by atoms with van der Waals surface area (Å²) in [5.41, 5.74) is 0.679. The van der Waals surface area contributed by atoms with Gasteiger partial charge in [-0.1, -0.05) is 36.4 Å². The lowest BCUT2D eigenvalue weighted by molar-refractivity contribution is -0.112. The van der Waals surface area contributed by atoms with E-state index in [1.807, 2.05) is 18.2 Å².